The molecule has 1 atom stereocenters. The molecule has 0 radical (unpaired) electrons. The largest absolute Gasteiger partial charge is 0.349 e. The molecule has 2 aliphatic heterocycles. The van der Waals surface area contributed by atoms with Crippen LogP contribution in [0.4, 0.5) is 0 Å². The van der Waals surface area contributed by atoms with Crippen LogP contribution in [0.25, 0.3) is 0 Å². The van der Waals surface area contributed by atoms with Crippen LogP contribution in [0.1, 0.15) is 25.5 Å². The maximum Gasteiger partial charge on any atom is 0.225 e. The van der Waals surface area contributed by atoms with Gasteiger partial charge in [-0.1, -0.05) is 6.92 Å². The minimum absolute atomic E-state index is 0.0386. The Morgan fingerprint density at radius 1 is 1.53 bits per heavy atom. The summed E-state index contributed by atoms with van der Waals surface area (Å²) in [6, 6.07) is 1.97. The zero-order valence-electron chi connectivity index (χ0n) is 11.7. The van der Waals surface area contributed by atoms with E-state index in [-0.39, 0.29) is 17.4 Å². The van der Waals surface area contributed by atoms with Crippen molar-refractivity contribution in [3.63, 3.8) is 0 Å². The monoisotopic (exact) mass is 262 g/mol. The highest BCUT2D eigenvalue weighted by Gasteiger charge is 2.44. The Balaban J connectivity index is 1.58. The summed E-state index contributed by atoms with van der Waals surface area (Å²) in [6.45, 7) is 7.89. The average Bonchev–Trinajstić information content (AvgIpc) is 3.05. The first-order valence-corrected chi connectivity index (χ1v) is 7.11. The number of carbonyl (C=O) groups is 1. The summed E-state index contributed by atoms with van der Waals surface area (Å²) in [5.41, 5.74) is 1.05. The van der Waals surface area contributed by atoms with Gasteiger partial charge < -0.3 is 10.2 Å². The van der Waals surface area contributed by atoms with Crippen molar-refractivity contribution in [2.24, 2.45) is 5.92 Å². The first-order valence-electron chi connectivity index (χ1n) is 7.11. The van der Waals surface area contributed by atoms with Crippen molar-refractivity contribution in [3.05, 3.63) is 18.0 Å². The number of hydrogen-bond acceptors (Lipinski definition) is 3. The summed E-state index contributed by atoms with van der Waals surface area (Å²) < 4.78 is 1.85. The zero-order chi connectivity index (χ0) is 13.5. The van der Waals surface area contributed by atoms with E-state index < -0.39 is 0 Å². The molecule has 19 heavy (non-hydrogen) atoms. The van der Waals surface area contributed by atoms with Gasteiger partial charge in [0.25, 0.3) is 0 Å². The summed E-state index contributed by atoms with van der Waals surface area (Å²) in [5, 5.41) is 7.63. The lowest BCUT2D eigenvalue weighted by Gasteiger charge is -2.28. The van der Waals surface area contributed by atoms with Crippen LogP contribution in [0.5, 0.6) is 0 Å². The number of fused-ring (bicyclic) bond motifs is 2. The zero-order valence-corrected chi connectivity index (χ0v) is 11.7. The fraction of sp³-hybridized carbons (Fsp3) is 0.714. The van der Waals surface area contributed by atoms with Crippen molar-refractivity contribution < 1.29 is 4.79 Å². The topological polar surface area (TPSA) is 50.2 Å². The van der Waals surface area contributed by atoms with Crippen LogP contribution in [-0.4, -0.2) is 45.8 Å². The van der Waals surface area contributed by atoms with Crippen LogP contribution in [0, 0.1) is 12.8 Å². The van der Waals surface area contributed by atoms with Crippen LogP contribution in [0.15, 0.2) is 12.3 Å². The minimum atomic E-state index is -0.0386. The molecule has 0 saturated carbocycles. The van der Waals surface area contributed by atoms with Gasteiger partial charge in [-0.2, -0.15) is 5.10 Å². The molecule has 0 aliphatic carbocycles. The van der Waals surface area contributed by atoms with E-state index in [1.165, 1.54) is 0 Å². The first kappa shape index (κ1) is 12.7. The summed E-state index contributed by atoms with van der Waals surface area (Å²) in [5.74, 6) is 0.125. The predicted molar refractivity (Wildman–Crippen MR) is 72.7 cm³/mol. The molecular formula is C14H22N4O. The van der Waals surface area contributed by atoms with Gasteiger partial charge in [0.15, 0.2) is 0 Å². The summed E-state index contributed by atoms with van der Waals surface area (Å²) in [4.78, 5) is 14.8. The first-order chi connectivity index (χ1) is 9.06. The van der Waals surface area contributed by atoms with E-state index in [9.17, 15) is 4.79 Å². The molecule has 1 N–H and O–H groups in total. The highest BCUT2D eigenvalue weighted by Crippen LogP contribution is 2.32. The van der Waals surface area contributed by atoms with E-state index in [1.54, 1.807) is 0 Å². The van der Waals surface area contributed by atoms with Gasteiger partial charge in [-0.15, -0.1) is 0 Å². The van der Waals surface area contributed by atoms with Crippen LogP contribution in [-0.2, 0) is 11.3 Å². The van der Waals surface area contributed by atoms with Gasteiger partial charge in [0, 0.05) is 25.8 Å². The van der Waals surface area contributed by atoms with E-state index >= 15 is 0 Å². The molecular weight excluding hydrogens is 240 g/mol. The smallest absolute Gasteiger partial charge is 0.225 e. The predicted octanol–water partition coefficient (Wildman–Crippen LogP) is 0.792. The molecule has 0 spiro atoms. The Hall–Kier alpha value is -1.36. The molecule has 3 heterocycles. The van der Waals surface area contributed by atoms with Gasteiger partial charge in [-0.25, -0.2) is 0 Å². The quantitative estimate of drug-likeness (QED) is 0.873. The normalized spacial score (nSPS) is 30.5. The maximum absolute atomic E-state index is 12.3. The Bertz CT molecular complexity index is 474. The molecule has 5 heteroatoms. The average molecular weight is 262 g/mol. The highest BCUT2D eigenvalue weighted by atomic mass is 16.2. The molecule has 2 bridgehead atoms. The van der Waals surface area contributed by atoms with Crippen molar-refractivity contribution in [2.75, 3.05) is 19.6 Å². The summed E-state index contributed by atoms with van der Waals surface area (Å²) >= 11 is 0. The maximum atomic E-state index is 12.3. The van der Waals surface area contributed by atoms with Crippen molar-refractivity contribution in [1.29, 1.82) is 0 Å². The molecule has 1 aromatic heterocycles. The van der Waals surface area contributed by atoms with Crippen molar-refractivity contribution >= 4 is 5.91 Å². The molecule has 1 amide bonds. The Morgan fingerprint density at radius 2 is 2.26 bits per heavy atom. The van der Waals surface area contributed by atoms with E-state index in [0.29, 0.717) is 6.54 Å². The number of piperidine rings is 1. The number of hydrogen-bond donors (Lipinski definition) is 1. The SMILES string of the molecule is Cc1ccn(CC(C)C(=O)NC23CCN(CC2)C3)n1. The van der Waals surface area contributed by atoms with Crippen LogP contribution >= 0.6 is 0 Å². The van der Waals surface area contributed by atoms with Gasteiger partial charge in [-0.05, 0) is 25.8 Å². The molecule has 2 saturated heterocycles. The van der Waals surface area contributed by atoms with Crippen molar-refractivity contribution in [3.8, 4) is 0 Å². The number of amides is 1. The third kappa shape index (κ3) is 2.52. The third-order valence-electron chi connectivity index (χ3n) is 4.41. The van der Waals surface area contributed by atoms with E-state index in [1.807, 2.05) is 30.8 Å². The molecule has 104 valence electrons. The second kappa shape index (κ2) is 4.63. The molecule has 1 unspecified atom stereocenters. The molecule has 3 rings (SSSR count). The standard InChI is InChI=1S/C14H22N4O/c1-11(9-18-6-3-12(2)16-18)13(19)15-14-4-7-17(10-14)8-5-14/h3,6,11H,4-5,7-10H2,1-2H3,(H,15,19). The molecule has 1 aromatic rings. The van der Waals surface area contributed by atoms with Gasteiger partial charge in [-0.3, -0.25) is 9.48 Å². The molecule has 2 fully saturated rings. The van der Waals surface area contributed by atoms with E-state index in [0.717, 1.165) is 38.2 Å². The number of nitrogens with zero attached hydrogens (tertiary/aromatic N) is 3. The lowest BCUT2D eigenvalue weighted by molar-refractivity contribution is -0.126. The van der Waals surface area contributed by atoms with E-state index in [2.05, 4.69) is 15.3 Å². The Labute approximate surface area is 114 Å². The van der Waals surface area contributed by atoms with Gasteiger partial charge >= 0.3 is 0 Å². The minimum Gasteiger partial charge on any atom is -0.349 e. The number of carbonyl (C=O) groups excluding carboxylic acids is 1. The lowest BCUT2D eigenvalue weighted by Crippen LogP contribution is -2.50. The Morgan fingerprint density at radius 3 is 2.79 bits per heavy atom. The number of aryl methyl sites for hydroxylation is 1. The van der Waals surface area contributed by atoms with E-state index in [4.69, 9.17) is 0 Å². The lowest BCUT2D eigenvalue weighted by atomic mass is 9.94. The molecule has 2 aliphatic rings. The second-order valence-corrected chi connectivity index (χ2v) is 6.13. The Kier molecular flexibility index (Phi) is 3.09. The number of aromatic nitrogens is 2. The van der Waals surface area contributed by atoms with Crippen LogP contribution < -0.4 is 5.32 Å². The molecule has 0 aromatic carbocycles. The summed E-state index contributed by atoms with van der Waals surface area (Å²) in [6.07, 6.45) is 4.14. The van der Waals surface area contributed by atoms with Gasteiger partial charge in [0.05, 0.1) is 23.7 Å². The molecule has 5 nitrogen and oxygen atoms in total. The fourth-order valence-electron chi connectivity index (χ4n) is 3.20. The van der Waals surface area contributed by atoms with Gasteiger partial charge in [0.1, 0.15) is 0 Å². The fourth-order valence-corrected chi connectivity index (χ4v) is 3.20. The third-order valence-corrected chi connectivity index (χ3v) is 4.41. The van der Waals surface area contributed by atoms with Crippen molar-refractivity contribution in [2.45, 2.75) is 38.8 Å². The highest BCUT2D eigenvalue weighted by molar-refractivity contribution is 5.79. The number of rotatable bonds is 4. The van der Waals surface area contributed by atoms with Gasteiger partial charge in [0.2, 0.25) is 5.91 Å². The second-order valence-electron chi connectivity index (χ2n) is 6.13. The summed E-state index contributed by atoms with van der Waals surface area (Å²) in [7, 11) is 0. The van der Waals surface area contributed by atoms with Crippen LogP contribution in [0.3, 0.4) is 0 Å². The van der Waals surface area contributed by atoms with Crippen molar-refractivity contribution in [1.82, 2.24) is 20.0 Å². The van der Waals surface area contributed by atoms with Crippen LogP contribution in [0.2, 0.25) is 0 Å². The number of nitrogens with one attached hydrogen (secondary N) is 1.